The molecule has 1 amide bonds. The van der Waals surface area contributed by atoms with Crippen molar-refractivity contribution in [2.75, 3.05) is 6.54 Å². The summed E-state index contributed by atoms with van der Waals surface area (Å²) in [6, 6.07) is 8.31. The fourth-order valence-corrected chi connectivity index (χ4v) is 4.15. The van der Waals surface area contributed by atoms with E-state index in [0.29, 0.717) is 12.2 Å². The molecule has 0 aliphatic heterocycles. The quantitative estimate of drug-likeness (QED) is 0.674. The zero-order valence-corrected chi connectivity index (χ0v) is 17.8. The summed E-state index contributed by atoms with van der Waals surface area (Å²) >= 11 is 0. The maximum atomic E-state index is 13.3. The first-order chi connectivity index (χ1) is 14.4. The van der Waals surface area contributed by atoms with Gasteiger partial charge in [0.05, 0.1) is 11.4 Å². The molecule has 4 rings (SSSR count). The lowest BCUT2D eigenvalue weighted by Crippen LogP contribution is -2.31. The number of benzene rings is 1. The second kappa shape index (κ2) is 8.42. The highest BCUT2D eigenvalue weighted by atomic mass is 19.1. The first-order valence-corrected chi connectivity index (χ1v) is 10.6. The van der Waals surface area contributed by atoms with E-state index in [9.17, 15) is 9.18 Å². The molecule has 1 atom stereocenters. The zero-order chi connectivity index (χ0) is 21.3. The van der Waals surface area contributed by atoms with Gasteiger partial charge >= 0.3 is 0 Å². The van der Waals surface area contributed by atoms with Crippen molar-refractivity contribution in [3.63, 3.8) is 0 Å². The number of amides is 1. The number of hydrogen-bond donors (Lipinski definition) is 1. The lowest BCUT2D eigenvalue weighted by atomic mass is 9.95. The third kappa shape index (κ3) is 4.15. The first-order valence-electron chi connectivity index (χ1n) is 10.6. The van der Waals surface area contributed by atoms with E-state index in [0.717, 1.165) is 60.6 Å². The van der Waals surface area contributed by atoms with Crippen LogP contribution in [-0.4, -0.2) is 32.0 Å². The fraction of sp³-hybridized carbons (Fsp3) is 0.435. The van der Waals surface area contributed by atoms with Crippen LogP contribution in [0.4, 0.5) is 4.39 Å². The Hall–Kier alpha value is -2.96. The van der Waals surface area contributed by atoms with Crippen LogP contribution >= 0.6 is 0 Å². The van der Waals surface area contributed by atoms with Gasteiger partial charge in [-0.05, 0) is 75.8 Å². The molecule has 0 saturated carbocycles. The van der Waals surface area contributed by atoms with Crippen LogP contribution in [0.3, 0.4) is 0 Å². The molecule has 1 unspecified atom stereocenters. The second-order valence-electron chi connectivity index (χ2n) is 8.29. The van der Waals surface area contributed by atoms with Crippen LogP contribution in [-0.2, 0) is 19.4 Å². The summed E-state index contributed by atoms with van der Waals surface area (Å²) < 4.78 is 17.1. The first kappa shape index (κ1) is 20.3. The standard InChI is InChI=1S/C23H28FN5O/c1-15(14-28-17(3)12-16(2)26-28)13-25-23(30)22-20-6-4-5-7-21(20)29(27-22)19-10-8-18(24)9-11-19/h8-12,15H,4-7,13-14H2,1-3H3,(H,25,30). The molecule has 1 aliphatic rings. The van der Waals surface area contributed by atoms with Crippen molar-refractivity contribution in [3.05, 3.63) is 64.5 Å². The number of rotatable bonds is 6. The summed E-state index contributed by atoms with van der Waals surface area (Å²) in [6.07, 6.45) is 3.85. The van der Waals surface area contributed by atoms with Crippen LogP contribution in [0, 0.1) is 25.6 Å². The molecule has 1 N–H and O–H groups in total. The molecule has 2 aromatic heterocycles. The van der Waals surface area contributed by atoms with E-state index in [-0.39, 0.29) is 17.6 Å². The van der Waals surface area contributed by atoms with Gasteiger partial charge in [-0.1, -0.05) is 6.92 Å². The van der Waals surface area contributed by atoms with Crippen LogP contribution in [0.1, 0.15) is 52.9 Å². The van der Waals surface area contributed by atoms with Gasteiger partial charge in [0.25, 0.3) is 5.91 Å². The predicted molar refractivity (Wildman–Crippen MR) is 113 cm³/mol. The summed E-state index contributed by atoms with van der Waals surface area (Å²) in [4.78, 5) is 13.0. The maximum Gasteiger partial charge on any atom is 0.272 e. The molecular weight excluding hydrogens is 381 g/mol. The highest BCUT2D eigenvalue weighted by Crippen LogP contribution is 2.27. The van der Waals surface area contributed by atoms with Gasteiger partial charge in [0.1, 0.15) is 5.82 Å². The molecule has 0 spiro atoms. The number of aromatic nitrogens is 4. The number of carbonyl (C=O) groups excluding carboxylic acids is 1. The van der Waals surface area contributed by atoms with Crippen molar-refractivity contribution in [3.8, 4) is 5.69 Å². The topological polar surface area (TPSA) is 64.7 Å². The molecule has 2 heterocycles. The average Bonchev–Trinajstić information content (AvgIpc) is 3.26. The molecule has 0 radical (unpaired) electrons. The highest BCUT2D eigenvalue weighted by molar-refractivity contribution is 5.94. The van der Waals surface area contributed by atoms with Crippen molar-refractivity contribution in [2.24, 2.45) is 5.92 Å². The van der Waals surface area contributed by atoms with Crippen LogP contribution < -0.4 is 5.32 Å². The summed E-state index contributed by atoms with van der Waals surface area (Å²) in [7, 11) is 0. The van der Waals surface area contributed by atoms with Crippen molar-refractivity contribution in [2.45, 2.75) is 53.0 Å². The largest absolute Gasteiger partial charge is 0.350 e. The number of halogens is 1. The van der Waals surface area contributed by atoms with Crippen molar-refractivity contribution < 1.29 is 9.18 Å². The van der Waals surface area contributed by atoms with E-state index < -0.39 is 0 Å². The summed E-state index contributed by atoms with van der Waals surface area (Å²) in [5.41, 5.74) is 5.49. The van der Waals surface area contributed by atoms with Crippen LogP contribution in [0.5, 0.6) is 0 Å². The number of hydrogen-bond acceptors (Lipinski definition) is 3. The molecule has 30 heavy (non-hydrogen) atoms. The van der Waals surface area contributed by atoms with E-state index in [1.54, 1.807) is 12.1 Å². The van der Waals surface area contributed by atoms with Gasteiger partial charge in [0.2, 0.25) is 0 Å². The van der Waals surface area contributed by atoms with Gasteiger partial charge in [-0.2, -0.15) is 10.2 Å². The second-order valence-corrected chi connectivity index (χ2v) is 8.29. The molecule has 0 bridgehead atoms. The minimum Gasteiger partial charge on any atom is -0.350 e. The SMILES string of the molecule is Cc1cc(C)n(CC(C)CNC(=O)c2nn(-c3ccc(F)cc3)c3c2CCCC3)n1. The Morgan fingerprint density at radius 2 is 1.90 bits per heavy atom. The molecule has 0 saturated heterocycles. The minimum absolute atomic E-state index is 0.144. The minimum atomic E-state index is -0.283. The third-order valence-corrected chi connectivity index (χ3v) is 5.67. The number of nitrogens with one attached hydrogen (secondary N) is 1. The zero-order valence-electron chi connectivity index (χ0n) is 17.8. The molecule has 1 aliphatic carbocycles. The average molecular weight is 410 g/mol. The Bertz CT molecular complexity index is 1050. The monoisotopic (exact) mass is 409 g/mol. The normalized spacial score (nSPS) is 14.4. The van der Waals surface area contributed by atoms with Gasteiger partial charge in [-0.25, -0.2) is 9.07 Å². The summed E-state index contributed by atoms with van der Waals surface area (Å²) in [5, 5.41) is 12.2. The maximum absolute atomic E-state index is 13.3. The molecular formula is C23H28FN5O. The summed E-state index contributed by atoms with van der Waals surface area (Å²) in [6.45, 7) is 7.43. The smallest absolute Gasteiger partial charge is 0.272 e. The van der Waals surface area contributed by atoms with E-state index >= 15 is 0 Å². The van der Waals surface area contributed by atoms with Crippen LogP contribution in [0.2, 0.25) is 0 Å². The van der Waals surface area contributed by atoms with E-state index in [2.05, 4.69) is 28.5 Å². The summed E-state index contributed by atoms with van der Waals surface area (Å²) in [5.74, 6) is -0.189. The van der Waals surface area contributed by atoms with Crippen molar-refractivity contribution in [1.82, 2.24) is 24.9 Å². The van der Waals surface area contributed by atoms with Crippen LogP contribution in [0.25, 0.3) is 5.69 Å². The number of nitrogens with zero attached hydrogens (tertiary/aromatic N) is 4. The fourth-order valence-electron chi connectivity index (χ4n) is 4.15. The molecule has 1 aromatic carbocycles. The predicted octanol–water partition coefficient (Wildman–Crippen LogP) is 3.77. The molecule has 0 fully saturated rings. The molecule has 7 heteroatoms. The number of carbonyl (C=O) groups is 1. The Labute approximate surface area is 176 Å². The highest BCUT2D eigenvalue weighted by Gasteiger charge is 2.25. The van der Waals surface area contributed by atoms with E-state index in [1.807, 2.05) is 23.2 Å². The number of aryl methyl sites for hydroxylation is 2. The van der Waals surface area contributed by atoms with Gasteiger partial charge in [-0.3, -0.25) is 9.48 Å². The van der Waals surface area contributed by atoms with E-state index in [4.69, 9.17) is 0 Å². The van der Waals surface area contributed by atoms with Gasteiger partial charge in [0.15, 0.2) is 5.69 Å². The van der Waals surface area contributed by atoms with Crippen LogP contribution in [0.15, 0.2) is 30.3 Å². The van der Waals surface area contributed by atoms with Gasteiger partial charge in [-0.15, -0.1) is 0 Å². The van der Waals surface area contributed by atoms with Crippen molar-refractivity contribution >= 4 is 5.91 Å². The third-order valence-electron chi connectivity index (χ3n) is 5.67. The number of fused-ring (bicyclic) bond motifs is 1. The Morgan fingerprint density at radius 3 is 2.60 bits per heavy atom. The van der Waals surface area contributed by atoms with Crippen molar-refractivity contribution in [1.29, 1.82) is 0 Å². The molecule has 3 aromatic rings. The molecule has 158 valence electrons. The lowest BCUT2D eigenvalue weighted by Gasteiger charge is -2.15. The molecule has 6 nitrogen and oxygen atoms in total. The Kier molecular flexibility index (Phi) is 5.70. The van der Waals surface area contributed by atoms with E-state index in [1.165, 1.54) is 12.1 Å². The van der Waals surface area contributed by atoms with Gasteiger partial charge < -0.3 is 5.32 Å². The lowest BCUT2D eigenvalue weighted by molar-refractivity contribution is 0.0940. The van der Waals surface area contributed by atoms with Gasteiger partial charge in [0, 0.05) is 30.0 Å². The Balaban J connectivity index is 1.49. The Morgan fingerprint density at radius 1 is 1.17 bits per heavy atom.